The third-order valence-electron chi connectivity index (χ3n) is 2.98. The van der Waals surface area contributed by atoms with Crippen molar-refractivity contribution in [2.24, 2.45) is 0 Å². The number of nitrogens with one attached hydrogen (secondary N) is 1. The number of carbonyl (C=O) groups excluding carboxylic acids is 1. The summed E-state index contributed by atoms with van der Waals surface area (Å²) in [6.45, 7) is 0.555. The minimum Gasteiger partial charge on any atom is -0.288 e. The number of carbonyl (C=O) groups is 1. The zero-order valence-electron chi connectivity index (χ0n) is 11.8. The number of hydrogen-bond donors (Lipinski definition) is 1. The number of anilines is 1. The van der Waals surface area contributed by atoms with Crippen molar-refractivity contribution in [3.8, 4) is 0 Å². The van der Waals surface area contributed by atoms with E-state index in [9.17, 15) is 4.79 Å². The summed E-state index contributed by atoms with van der Waals surface area (Å²) < 4.78 is 1.62. The molecular formula is C15H11Cl2N5O. The monoisotopic (exact) mass is 347 g/mol. The molecule has 0 aliphatic rings. The molecule has 6 nitrogen and oxygen atoms in total. The third-order valence-corrected chi connectivity index (χ3v) is 3.49. The van der Waals surface area contributed by atoms with Crippen molar-refractivity contribution < 1.29 is 4.79 Å². The Labute approximate surface area is 142 Å². The first kappa shape index (κ1) is 15.5. The van der Waals surface area contributed by atoms with E-state index >= 15 is 0 Å². The molecule has 0 aliphatic heterocycles. The molecule has 1 N–H and O–H groups in total. The van der Waals surface area contributed by atoms with Gasteiger partial charge in [-0.1, -0.05) is 53.5 Å². The molecule has 116 valence electrons. The molecule has 0 aliphatic carbocycles. The predicted octanol–water partition coefficient (Wildman–Crippen LogP) is 3.28. The van der Waals surface area contributed by atoms with Crippen molar-refractivity contribution in [3.05, 3.63) is 70.2 Å². The molecule has 0 saturated carbocycles. The Kier molecular flexibility index (Phi) is 4.55. The summed E-state index contributed by atoms with van der Waals surface area (Å²) >= 11 is 11.7. The van der Waals surface area contributed by atoms with Crippen LogP contribution in [-0.4, -0.2) is 25.7 Å². The van der Waals surface area contributed by atoms with Crippen LogP contribution in [0, 0.1) is 0 Å². The molecule has 0 spiro atoms. The second-order valence-corrected chi connectivity index (χ2v) is 5.46. The number of rotatable bonds is 4. The fraction of sp³-hybridized carbons (Fsp3) is 0.0667. The van der Waals surface area contributed by atoms with E-state index in [2.05, 4.69) is 20.4 Å². The van der Waals surface area contributed by atoms with Gasteiger partial charge in [0.25, 0.3) is 5.91 Å². The predicted molar refractivity (Wildman–Crippen MR) is 87.8 cm³/mol. The number of pyridine rings is 1. The van der Waals surface area contributed by atoms with Crippen LogP contribution >= 0.6 is 23.2 Å². The van der Waals surface area contributed by atoms with E-state index in [0.29, 0.717) is 6.54 Å². The van der Waals surface area contributed by atoms with Crippen LogP contribution in [-0.2, 0) is 6.54 Å². The Balaban J connectivity index is 1.71. The molecule has 0 fully saturated rings. The van der Waals surface area contributed by atoms with Gasteiger partial charge < -0.3 is 0 Å². The maximum atomic E-state index is 12.1. The molecular weight excluding hydrogens is 337 g/mol. The molecule has 23 heavy (non-hydrogen) atoms. The van der Waals surface area contributed by atoms with Crippen LogP contribution in [0.25, 0.3) is 0 Å². The molecule has 0 unspecified atom stereocenters. The van der Waals surface area contributed by atoms with E-state index in [1.54, 1.807) is 4.68 Å². The van der Waals surface area contributed by atoms with Crippen LogP contribution < -0.4 is 5.32 Å². The standard InChI is InChI=1S/C15H11Cl2N5O/c16-11-6-7-12(17)19-13(11)14(23)20-15-18-9-22(21-15)8-10-4-2-1-3-5-10/h1-7,9H,8H2,(H,20,21,23). The average Bonchev–Trinajstić information content (AvgIpc) is 2.97. The minimum absolute atomic E-state index is 0.0265. The summed E-state index contributed by atoms with van der Waals surface area (Å²) in [7, 11) is 0. The van der Waals surface area contributed by atoms with Crippen LogP contribution in [0.1, 0.15) is 16.1 Å². The summed E-state index contributed by atoms with van der Waals surface area (Å²) in [5.74, 6) is -0.348. The highest BCUT2D eigenvalue weighted by Gasteiger charge is 2.15. The maximum absolute atomic E-state index is 12.1. The Morgan fingerprint density at radius 2 is 1.91 bits per heavy atom. The van der Waals surface area contributed by atoms with Crippen molar-refractivity contribution in [1.82, 2.24) is 19.7 Å². The molecule has 2 heterocycles. The lowest BCUT2D eigenvalue weighted by Crippen LogP contribution is -2.15. The number of halogens is 2. The van der Waals surface area contributed by atoms with Gasteiger partial charge in [0.15, 0.2) is 0 Å². The SMILES string of the molecule is O=C(Nc1ncn(Cc2ccccc2)n1)c1nc(Cl)ccc1Cl. The maximum Gasteiger partial charge on any atom is 0.278 e. The topological polar surface area (TPSA) is 72.7 Å². The van der Waals surface area contributed by atoms with Crippen molar-refractivity contribution >= 4 is 35.1 Å². The largest absolute Gasteiger partial charge is 0.288 e. The van der Waals surface area contributed by atoms with Gasteiger partial charge in [0.2, 0.25) is 5.95 Å². The minimum atomic E-state index is -0.519. The molecule has 0 saturated heterocycles. The van der Waals surface area contributed by atoms with Gasteiger partial charge in [0.05, 0.1) is 11.6 Å². The normalized spacial score (nSPS) is 10.5. The van der Waals surface area contributed by atoms with E-state index in [1.807, 2.05) is 30.3 Å². The first-order valence-electron chi connectivity index (χ1n) is 6.68. The number of aromatic nitrogens is 4. The quantitative estimate of drug-likeness (QED) is 0.735. The summed E-state index contributed by atoms with van der Waals surface area (Å²) in [6.07, 6.45) is 1.54. The second kappa shape index (κ2) is 6.76. The van der Waals surface area contributed by atoms with E-state index in [0.717, 1.165) is 5.56 Å². The fourth-order valence-electron chi connectivity index (χ4n) is 1.94. The van der Waals surface area contributed by atoms with E-state index in [-0.39, 0.29) is 21.8 Å². The number of hydrogen-bond acceptors (Lipinski definition) is 4. The van der Waals surface area contributed by atoms with Crippen LogP contribution in [0.3, 0.4) is 0 Å². The number of benzene rings is 1. The van der Waals surface area contributed by atoms with E-state index in [1.165, 1.54) is 18.5 Å². The first-order chi connectivity index (χ1) is 11.1. The lowest BCUT2D eigenvalue weighted by molar-refractivity contribution is 0.102. The van der Waals surface area contributed by atoms with Gasteiger partial charge in [0.1, 0.15) is 17.2 Å². The summed E-state index contributed by atoms with van der Waals surface area (Å²) in [4.78, 5) is 20.1. The van der Waals surface area contributed by atoms with Gasteiger partial charge >= 0.3 is 0 Å². The average molecular weight is 348 g/mol. The molecule has 8 heteroatoms. The van der Waals surface area contributed by atoms with Crippen LogP contribution in [0.15, 0.2) is 48.8 Å². The molecule has 1 aromatic carbocycles. The van der Waals surface area contributed by atoms with E-state index in [4.69, 9.17) is 23.2 Å². The van der Waals surface area contributed by atoms with Gasteiger partial charge in [-0.15, -0.1) is 5.10 Å². The van der Waals surface area contributed by atoms with Crippen LogP contribution in [0.2, 0.25) is 10.2 Å². The molecule has 3 aromatic rings. The van der Waals surface area contributed by atoms with Crippen LogP contribution in [0.5, 0.6) is 0 Å². The zero-order valence-corrected chi connectivity index (χ0v) is 13.3. The number of amides is 1. The molecule has 2 aromatic heterocycles. The van der Waals surface area contributed by atoms with Crippen molar-refractivity contribution in [1.29, 1.82) is 0 Å². The number of nitrogens with zero attached hydrogens (tertiary/aromatic N) is 4. The Hall–Kier alpha value is -2.44. The third kappa shape index (κ3) is 3.85. The smallest absolute Gasteiger partial charge is 0.278 e. The highest BCUT2D eigenvalue weighted by atomic mass is 35.5. The zero-order chi connectivity index (χ0) is 16.2. The second-order valence-electron chi connectivity index (χ2n) is 4.67. The lowest BCUT2D eigenvalue weighted by Gasteiger charge is -2.03. The summed E-state index contributed by atoms with van der Waals surface area (Å²) in [5.41, 5.74) is 1.11. The Morgan fingerprint density at radius 1 is 1.13 bits per heavy atom. The Morgan fingerprint density at radius 3 is 2.70 bits per heavy atom. The van der Waals surface area contributed by atoms with Crippen LogP contribution in [0.4, 0.5) is 5.95 Å². The summed E-state index contributed by atoms with van der Waals surface area (Å²) in [5, 5.41) is 7.12. The van der Waals surface area contributed by atoms with Crippen molar-refractivity contribution in [3.63, 3.8) is 0 Å². The van der Waals surface area contributed by atoms with Gasteiger partial charge in [0, 0.05) is 0 Å². The van der Waals surface area contributed by atoms with Crippen molar-refractivity contribution in [2.45, 2.75) is 6.54 Å². The summed E-state index contributed by atoms with van der Waals surface area (Å²) in [6, 6.07) is 12.8. The molecule has 0 radical (unpaired) electrons. The molecule has 0 atom stereocenters. The van der Waals surface area contributed by atoms with Gasteiger partial charge in [-0.3, -0.25) is 10.1 Å². The first-order valence-corrected chi connectivity index (χ1v) is 7.44. The molecule has 1 amide bonds. The Bertz CT molecular complexity index is 835. The van der Waals surface area contributed by atoms with Gasteiger partial charge in [-0.25, -0.2) is 14.6 Å². The van der Waals surface area contributed by atoms with Gasteiger partial charge in [-0.05, 0) is 17.7 Å². The van der Waals surface area contributed by atoms with Gasteiger partial charge in [-0.2, -0.15) is 0 Å². The lowest BCUT2D eigenvalue weighted by atomic mass is 10.2. The molecule has 3 rings (SSSR count). The molecule has 0 bridgehead atoms. The highest BCUT2D eigenvalue weighted by Crippen LogP contribution is 2.17. The highest BCUT2D eigenvalue weighted by molar-refractivity contribution is 6.35. The van der Waals surface area contributed by atoms with E-state index < -0.39 is 5.91 Å². The fourth-order valence-corrected chi connectivity index (χ4v) is 2.28. The van der Waals surface area contributed by atoms with Crippen molar-refractivity contribution in [2.75, 3.05) is 5.32 Å².